The molecule has 1 saturated heterocycles. The lowest BCUT2D eigenvalue weighted by molar-refractivity contribution is 0.122. The van der Waals surface area contributed by atoms with E-state index in [1.807, 2.05) is 0 Å². The quantitative estimate of drug-likeness (QED) is 0.895. The van der Waals surface area contributed by atoms with E-state index in [2.05, 4.69) is 71.3 Å². The smallest absolute Gasteiger partial charge is 0.249 e. The van der Waals surface area contributed by atoms with Crippen molar-refractivity contribution in [3.63, 3.8) is 0 Å². The molecule has 0 amide bonds. The second kappa shape index (κ2) is 7.78. The van der Waals surface area contributed by atoms with Crippen molar-refractivity contribution in [1.29, 1.82) is 0 Å². The van der Waals surface area contributed by atoms with Crippen LogP contribution in [-0.2, 0) is 4.74 Å². The van der Waals surface area contributed by atoms with Crippen molar-refractivity contribution >= 4 is 17.5 Å². The number of hydrogen-bond donors (Lipinski definition) is 1. The van der Waals surface area contributed by atoms with Gasteiger partial charge in [0.25, 0.3) is 0 Å². The maximum Gasteiger partial charge on any atom is 0.249 e. The van der Waals surface area contributed by atoms with E-state index in [0.717, 1.165) is 37.8 Å². The molecule has 1 aromatic carbocycles. The Morgan fingerprint density at radius 2 is 1.68 bits per heavy atom. The highest BCUT2D eigenvalue weighted by Crippen LogP contribution is 2.33. The third kappa shape index (κ3) is 4.07. The Bertz CT molecular complexity index is 684. The minimum Gasteiger partial charge on any atom is -0.378 e. The van der Waals surface area contributed by atoms with E-state index in [1.165, 1.54) is 11.1 Å². The molecule has 2 heterocycles. The molecule has 1 fully saturated rings. The Labute approximate surface area is 149 Å². The SMILES string of the molecule is CC(C)c1cccc(C(C)C)c1Nc1nncc(N2CCOCC2)n1. The molecule has 0 atom stereocenters. The lowest BCUT2D eigenvalue weighted by atomic mass is 9.93. The van der Waals surface area contributed by atoms with Crippen LogP contribution in [0.5, 0.6) is 0 Å². The largest absolute Gasteiger partial charge is 0.378 e. The fraction of sp³-hybridized carbons (Fsp3) is 0.526. The van der Waals surface area contributed by atoms with Crippen LogP contribution in [0.3, 0.4) is 0 Å². The average Bonchev–Trinajstić information content (AvgIpc) is 2.62. The predicted octanol–water partition coefficient (Wildman–Crippen LogP) is 3.70. The molecule has 134 valence electrons. The van der Waals surface area contributed by atoms with Gasteiger partial charge in [-0.2, -0.15) is 10.1 Å². The molecule has 25 heavy (non-hydrogen) atoms. The minimum absolute atomic E-state index is 0.414. The first-order chi connectivity index (χ1) is 12.1. The molecule has 0 radical (unpaired) electrons. The fourth-order valence-corrected chi connectivity index (χ4v) is 3.10. The van der Waals surface area contributed by atoms with Crippen molar-refractivity contribution < 1.29 is 4.74 Å². The number of nitrogens with zero attached hydrogens (tertiary/aromatic N) is 4. The summed E-state index contributed by atoms with van der Waals surface area (Å²) < 4.78 is 5.41. The molecule has 1 aliphatic rings. The molecule has 2 aromatic rings. The van der Waals surface area contributed by atoms with Crippen LogP contribution in [0.15, 0.2) is 24.4 Å². The third-order valence-electron chi connectivity index (χ3n) is 4.49. The maximum absolute atomic E-state index is 5.41. The molecule has 0 spiro atoms. The molecule has 1 aromatic heterocycles. The number of hydrogen-bond acceptors (Lipinski definition) is 6. The lowest BCUT2D eigenvalue weighted by Gasteiger charge is -2.27. The van der Waals surface area contributed by atoms with E-state index in [1.54, 1.807) is 6.20 Å². The van der Waals surface area contributed by atoms with E-state index in [9.17, 15) is 0 Å². The monoisotopic (exact) mass is 341 g/mol. The van der Waals surface area contributed by atoms with Gasteiger partial charge < -0.3 is 15.0 Å². The normalized spacial score (nSPS) is 15.0. The van der Waals surface area contributed by atoms with E-state index in [-0.39, 0.29) is 0 Å². The summed E-state index contributed by atoms with van der Waals surface area (Å²) >= 11 is 0. The zero-order valence-corrected chi connectivity index (χ0v) is 15.5. The Hall–Kier alpha value is -2.21. The second-order valence-corrected chi connectivity index (χ2v) is 6.98. The van der Waals surface area contributed by atoms with Crippen LogP contribution in [0.25, 0.3) is 0 Å². The van der Waals surface area contributed by atoms with Crippen LogP contribution in [-0.4, -0.2) is 41.5 Å². The van der Waals surface area contributed by atoms with Crippen LogP contribution in [0, 0.1) is 0 Å². The molecule has 6 nitrogen and oxygen atoms in total. The second-order valence-electron chi connectivity index (χ2n) is 6.98. The summed E-state index contributed by atoms with van der Waals surface area (Å²) in [6, 6.07) is 6.45. The molecule has 0 aliphatic carbocycles. The summed E-state index contributed by atoms with van der Waals surface area (Å²) in [5.41, 5.74) is 3.64. The Balaban J connectivity index is 1.92. The first kappa shape index (κ1) is 17.6. The van der Waals surface area contributed by atoms with E-state index >= 15 is 0 Å². The number of anilines is 3. The molecular weight excluding hydrogens is 314 g/mol. The number of nitrogens with one attached hydrogen (secondary N) is 1. The molecule has 0 saturated carbocycles. The van der Waals surface area contributed by atoms with Crippen molar-refractivity contribution in [2.75, 3.05) is 36.5 Å². The summed E-state index contributed by atoms with van der Waals surface area (Å²) in [6.07, 6.45) is 1.72. The van der Waals surface area contributed by atoms with Gasteiger partial charge in [-0.25, -0.2) is 0 Å². The fourth-order valence-electron chi connectivity index (χ4n) is 3.10. The third-order valence-corrected chi connectivity index (χ3v) is 4.49. The molecule has 6 heteroatoms. The van der Waals surface area contributed by atoms with Crippen molar-refractivity contribution in [2.24, 2.45) is 0 Å². The van der Waals surface area contributed by atoms with Gasteiger partial charge in [0, 0.05) is 18.8 Å². The highest BCUT2D eigenvalue weighted by molar-refractivity contribution is 5.65. The number of benzene rings is 1. The standard InChI is InChI=1S/C19H27N5O/c1-13(2)15-6-5-7-16(14(3)4)18(15)22-19-21-17(12-20-23-19)24-8-10-25-11-9-24/h5-7,12-14H,8-11H2,1-4H3,(H,21,22,23). The van der Waals surface area contributed by atoms with Gasteiger partial charge in [-0.3, -0.25) is 0 Å². The summed E-state index contributed by atoms with van der Waals surface area (Å²) in [7, 11) is 0. The van der Waals surface area contributed by atoms with Crippen molar-refractivity contribution in [2.45, 2.75) is 39.5 Å². The molecule has 3 rings (SSSR count). The number of para-hydroxylation sites is 1. The Morgan fingerprint density at radius 1 is 1.04 bits per heavy atom. The summed E-state index contributed by atoms with van der Waals surface area (Å²) in [6.45, 7) is 11.9. The van der Waals surface area contributed by atoms with Crippen LogP contribution in [0.2, 0.25) is 0 Å². The number of aromatic nitrogens is 3. The predicted molar refractivity (Wildman–Crippen MR) is 101 cm³/mol. The molecular formula is C19H27N5O. The van der Waals surface area contributed by atoms with Gasteiger partial charge in [0.1, 0.15) is 0 Å². The Morgan fingerprint density at radius 3 is 2.28 bits per heavy atom. The van der Waals surface area contributed by atoms with E-state index in [4.69, 9.17) is 4.74 Å². The number of rotatable bonds is 5. The zero-order chi connectivity index (χ0) is 17.8. The highest BCUT2D eigenvalue weighted by atomic mass is 16.5. The van der Waals surface area contributed by atoms with Gasteiger partial charge in [-0.1, -0.05) is 45.9 Å². The topological polar surface area (TPSA) is 63.2 Å². The van der Waals surface area contributed by atoms with Gasteiger partial charge in [0.2, 0.25) is 5.95 Å². The van der Waals surface area contributed by atoms with Crippen molar-refractivity contribution in [3.05, 3.63) is 35.5 Å². The number of ether oxygens (including phenoxy) is 1. The van der Waals surface area contributed by atoms with Crippen LogP contribution < -0.4 is 10.2 Å². The van der Waals surface area contributed by atoms with Crippen molar-refractivity contribution in [1.82, 2.24) is 15.2 Å². The molecule has 1 aliphatic heterocycles. The van der Waals surface area contributed by atoms with Gasteiger partial charge >= 0.3 is 0 Å². The molecule has 0 bridgehead atoms. The van der Waals surface area contributed by atoms with Crippen LogP contribution in [0.1, 0.15) is 50.7 Å². The van der Waals surface area contributed by atoms with Gasteiger partial charge in [-0.15, -0.1) is 5.10 Å². The zero-order valence-electron chi connectivity index (χ0n) is 15.5. The highest BCUT2D eigenvalue weighted by Gasteiger charge is 2.17. The first-order valence-corrected chi connectivity index (χ1v) is 8.98. The first-order valence-electron chi connectivity index (χ1n) is 8.98. The summed E-state index contributed by atoms with van der Waals surface area (Å²) in [5.74, 6) is 2.21. The van der Waals surface area contributed by atoms with Crippen molar-refractivity contribution in [3.8, 4) is 0 Å². The minimum atomic E-state index is 0.414. The van der Waals surface area contributed by atoms with E-state index < -0.39 is 0 Å². The maximum atomic E-state index is 5.41. The molecule has 1 N–H and O–H groups in total. The number of morpholine rings is 1. The van der Waals surface area contributed by atoms with Crippen LogP contribution in [0.4, 0.5) is 17.5 Å². The average molecular weight is 341 g/mol. The van der Waals surface area contributed by atoms with Crippen LogP contribution >= 0.6 is 0 Å². The van der Waals surface area contributed by atoms with Gasteiger partial charge in [-0.05, 0) is 23.0 Å². The van der Waals surface area contributed by atoms with Gasteiger partial charge in [0.15, 0.2) is 5.82 Å². The molecule has 0 unspecified atom stereocenters. The lowest BCUT2D eigenvalue weighted by Crippen LogP contribution is -2.37. The van der Waals surface area contributed by atoms with Gasteiger partial charge in [0.05, 0.1) is 19.4 Å². The summed E-state index contributed by atoms with van der Waals surface area (Å²) in [5, 5.41) is 11.8. The Kier molecular flexibility index (Phi) is 5.48. The summed E-state index contributed by atoms with van der Waals surface area (Å²) in [4.78, 5) is 6.86. The van der Waals surface area contributed by atoms with E-state index in [0.29, 0.717) is 17.8 Å².